The quantitative estimate of drug-likeness (QED) is 0.0529. The average molecular weight is 1440 g/mol. The molecule has 3 aromatic heterocycles. The number of fused-ring (bicyclic) bond motifs is 10. The summed E-state index contributed by atoms with van der Waals surface area (Å²) in [6, 6.07) is 129. The van der Waals surface area contributed by atoms with Crippen LogP contribution in [-0.4, -0.2) is 30.3 Å². The third-order valence-corrected chi connectivity index (χ3v) is 29.1. The fourth-order valence-corrected chi connectivity index (χ4v) is 25.3. The first-order valence-electron chi connectivity index (χ1n) is 32.6. The van der Waals surface area contributed by atoms with E-state index >= 15 is 0 Å². The van der Waals surface area contributed by atoms with Crippen molar-refractivity contribution < 1.29 is 30.4 Å². The molecule has 462 valence electrons. The second-order valence-corrected chi connectivity index (χ2v) is 33.2. The maximum atomic E-state index is 6.99. The molecule has 1 aliphatic rings. The number of benzene rings is 13. The summed E-state index contributed by atoms with van der Waals surface area (Å²) in [6.45, 7) is 6.71. The van der Waals surface area contributed by atoms with Gasteiger partial charge < -0.3 is 13.9 Å². The first kappa shape index (κ1) is 60.2. The molecule has 0 saturated carbocycles. The molecule has 0 spiro atoms. The van der Waals surface area contributed by atoms with E-state index in [0.29, 0.717) is 11.5 Å². The molecule has 96 heavy (non-hydrogen) atoms. The Morgan fingerprint density at radius 3 is 1.44 bits per heavy atom. The third-order valence-electron chi connectivity index (χ3n) is 19.4. The molecule has 4 heterocycles. The maximum absolute atomic E-state index is 6.99. The summed E-state index contributed by atoms with van der Waals surface area (Å²) >= 11 is 0. The molecule has 0 atom stereocenters. The molecule has 8 heteroatoms. The Balaban J connectivity index is 0.00000725. The van der Waals surface area contributed by atoms with Crippen molar-refractivity contribution in [1.82, 2.24) is 14.1 Å². The Bertz CT molecular complexity index is 5370. The van der Waals surface area contributed by atoms with Crippen LogP contribution in [0.5, 0.6) is 11.5 Å². The molecule has 17 rings (SSSR count). The zero-order valence-corrected chi connectivity index (χ0v) is 57.5. The topological polar surface area (TPSA) is 35.9 Å². The second kappa shape index (κ2) is 24.5. The zero-order chi connectivity index (χ0) is 63.7. The van der Waals surface area contributed by atoms with Crippen LogP contribution in [0.2, 0.25) is 0 Å². The molecule has 0 bridgehead atoms. The number of hydrogen-bond donors (Lipinski definition) is 0. The van der Waals surface area contributed by atoms with E-state index in [1.165, 1.54) is 58.2 Å². The molecular formula is C88H64N4OPtSi2-2. The van der Waals surface area contributed by atoms with Crippen LogP contribution in [0, 0.1) is 18.5 Å². The van der Waals surface area contributed by atoms with E-state index in [-0.39, 0.29) is 26.5 Å². The van der Waals surface area contributed by atoms with E-state index in [1.807, 2.05) is 18.3 Å². The van der Waals surface area contributed by atoms with E-state index in [9.17, 15) is 0 Å². The summed E-state index contributed by atoms with van der Waals surface area (Å²) in [5.74, 6) is 1.95. The van der Waals surface area contributed by atoms with Crippen LogP contribution >= 0.6 is 0 Å². The summed E-state index contributed by atoms with van der Waals surface area (Å²) < 4.78 is 13.8. The molecule has 0 saturated heterocycles. The number of nitrogens with zero attached hydrogens (tertiary/aromatic N) is 4. The van der Waals surface area contributed by atoms with Crippen LogP contribution in [0.3, 0.4) is 0 Å². The predicted molar refractivity (Wildman–Crippen MR) is 396 cm³/mol. The zero-order valence-electron chi connectivity index (χ0n) is 53.3. The Labute approximate surface area is 576 Å². The SMILES string of the molecule is CC(C)(C)c1ccnc(-n2c3[c-]c(Oc4[c-]c(-n5[c-][n+]6c7c(cccc75)-c5ccccc5-c5cccc([Si](c7ccccc7)(c7ccccc7)c7ccccc7)c5-c5cccc([Si](c7ccccc7)(c7ccccc7)c7ccccc7)c5-6)ccc4)ccc3c3ccccc32)c1.[Pt]. The number of ether oxygens (including phenoxy) is 1. The van der Waals surface area contributed by atoms with Gasteiger partial charge in [0.2, 0.25) is 0 Å². The predicted octanol–water partition coefficient (Wildman–Crippen LogP) is 15.0. The van der Waals surface area contributed by atoms with Gasteiger partial charge >= 0.3 is 0 Å². The van der Waals surface area contributed by atoms with E-state index in [0.717, 1.165) is 72.3 Å². The minimum atomic E-state index is -3.39. The molecule has 0 N–H and O–H groups in total. The van der Waals surface area contributed by atoms with Gasteiger partial charge in [0.25, 0.3) is 6.33 Å². The van der Waals surface area contributed by atoms with Gasteiger partial charge in [0.1, 0.15) is 5.82 Å². The fourth-order valence-electron chi connectivity index (χ4n) is 15.3. The van der Waals surface area contributed by atoms with E-state index in [1.54, 1.807) is 0 Å². The summed E-state index contributed by atoms with van der Waals surface area (Å²) in [6.07, 6.45) is 6.13. The van der Waals surface area contributed by atoms with Crippen molar-refractivity contribution in [2.45, 2.75) is 26.2 Å². The second-order valence-electron chi connectivity index (χ2n) is 25.7. The van der Waals surface area contributed by atoms with E-state index in [2.05, 4.69) is 368 Å². The van der Waals surface area contributed by atoms with Crippen molar-refractivity contribution in [1.29, 1.82) is 0 Å². The van der Waals surface area contributed by atoms with Gasteiger partial charge in [-0.1, -0.05) is 305 Å². The van der Waals surface area contributed by atoms with Gasteiger partial charge in [0.05, 0.1) is 16.7 Å². The van der Waals surface area contributed by atoms with Gasteiger partial charge in [0, 0.05) is 44.3 Å². The largest absolute Gasteiger partial charge is 0.510 e. The Kier molecular flexibility index (Phi) is 15.4. The van der Waals surface area contributed by atoms with Crippen molar-refractivity contribution in [2.24, 2.45) is 0 Å². The first-order chi connectivity index (χ1) is 46.8. The number of pyridine rings is 1. The molecule has 13 aromatic carbocycles. The molecule has 0 aliphatic carbocycles. The Morgan fingerprint density at radius 1 is 0.396 bits per heavy atom. The van der Waals surface area contributed by atoms with E-state index in [4.69, 9.17) is 9.72 Å². The molecule has 0 unspecified atom stereocenters. The number of para-hydroxylation sites is 3. The van der Waals surface area contributed by atoms with Crippen LogP contribution in [0.25, 0.3) is 83.4 Å². The molecule has 0 fully saturated rings. The third kappa shape index (κ3) is 9.74. The van der Waals surface area contributed by atoms with Gasteiger partial charge in [-0.15, -0.1) is 29.7 Å². The fraction of sp³-hybridized carbons (Fsp3) is 0.0455. The summed E-state index contributed by atoms with van der Waals surface area (Å²) in [5, 5.41) is 12.4. The van der Waals surface area contributed by atoms with Crippen LogP contribution in [0.4, 0.5) is 0 Å². The van der Waals surface area contributed by atoms with Gasteiger partial charge in [-0.3, -0.25) is 4.57 Å². The van der Waals surface area contributed by atoms with Gasteiger partial charge in [-0.05, 0) is 115 Å². The first-order valence-corrected chi connectivity index (χ1v) is 36.6. The molecule has 0 radical (unpaired) electrons. The van der Waals surface area contributed by atoms with Crippen molar-refractivity contribution in [2.75, 3.05) is 0 Å². The average Bonchev–Trinajstić information content (AvgIpc) is 1.26. The van der Waals surface area contributed by atoms with Crippen LogP contribution < -0.4 is 50.8 Å². The number of rotatable bonds is 12. The molecule has 1 aliphatic heterocycles. The Morgan fingerprint density at radius 2 is 0.854 bits per heavy atom. The summed E-state index contributed by atoms with van der Waals surface area (Å²) in [5.41, 5.74) is 13.7. The summed E-state index contributed by atoms with van der Waals surface area (Å²) in [4.78, 5) is 4.96. The molecule has 16 aromatic rings. The van der Waals surface area contributed by atoms with Crippen LogP contribution in [-0.2, 0) is 26.5 Å². The smallest absolute Gasteiger partial charge is 0.268 e. The minimum absolute atomic E-state index is 0. The van der Waals surface area contributed by atoms with Crippen LogP contribution in [0.1, 0.15) is 26.3 Å². The van der Waals surface area contributed by atoms with Crippen molar-refractivity contribution in [3.05, 3.63) is 358 Å². The molecule has 5 nitrogen and oxygen atoms in total. The minimum Gasteiger partial charge on any atom is -0.510 e. The van der Waals surface area contributed by atoms with Gasteiger partial charge in [-0.25, -0.2) is 4.98 Å². The van der Waals surface area contributed by atoms with Crippen molar-refractivity contribution in [3.8, 4) is 62.1 Å². The monoisotopic (exact) mass is 1440 g/mol. The standard InChI is InChI=1S/C88H64N4OSi2.Pt/c1-88(2,3)62-56-57-89-84(58-62)92-79-50-25-24-46-74(79)75-55-54-65(60-81(75)92)93-64-31-26-30-63(59-64)90-61-91-86-77(48-27-51-80(86)90)73-45-23-22-44-72(73)76-47-28-52-82(94(66-32-10-4-11-33-66,67-34-12-5-13-35-67)68-36-14-6-15-37-68)85(76)78-49-29-53-83(87(78)91)95(69-38-16-7-17-39-69,70-40-18-8-19-41-70)71-42-20-9-21-43-71;/h4-58H,1-3H3;/q-2;. The molecular weight excluding hydrogens is 1380 g/mol. The normalized spacial score (nSPS) is 12.0. The number of imidazole rings is 1. The Hall–Kier alpha value is -10.8. The summed E-state index contributed by atoms with van der Waals surface area (Å²) in [7, 11) is -6.70. The molecule has 0 amide bonds. The van der Waals surface area contributed by atoms with E-state index < -0.39 is 16.1 Å². The maximum Gasteiger partial charge on any atom is 0.268 e. The van der Waals surface area contributed by atoms with Crippen molar-refractivity contribution in [3.63, 3.8) is 0 Å². The number of aromatic nitrogens is 4. The number of hydrogen-bond acceptors (Lipinski definition) is 2. The van der Waals surface area contributed by atoms with Gasteiger partial charge in [-0.2, -0.15) is 18.2 Å². The van der Waals surface area contributed by atoms with Gasteiger partial charge in [0.15, 0.2) is 16.1 Å². The van der Waals surface area contributed by atoms with Crippen LogP contribution in [0.15, 0.2) is 334 Å². The van der Waals surface area contributed by atoms with Crippen molar-refractivity contribution >= 4 is 90.5 Å².